The van der Waals surface area contributed by atoms with Crippen LogP contribution in [-0.4, -0.2) is 54.4 Å². The molecule has 0 aromatic heterocycles. The molecule has 162 valence electrons. The van der Waals surface area contributed by atoms with Crippen LogP contribution < -0.4 is 5.32 Å². The van der Waals surface area contributed by atoms with E-state index in [-0.39, 0.29) is 18.2 Å². The lowest BCUT2D eigenvalue weighted by atomic mass is 9.86. The number of alkyl halides is 1. The number of amides is 2. The van der Waals surface area contributed by atoms with Crippen molar-refractivity contribution in [2.45, 2.75) is 65.5 Å². The van der Waals surface area contributed by atoms with Crippen LogP contribution in [0.1, 0.15) is 59.3 Å². The summed E-state index contributed by atoms with van der Waals surface area (Å²) in [6, 6.07) is -0.570. The second kappa shape index (κ2) is 14.2. The van der Waals surface area contributed by atoms with Gasteiger partial charge in [0.1, 0.15) is 17.8 Å². The Balaban J connectivity index is 2.46. The number of amidine groups is 1. The second-order valence-electron chi connectivity index (χ2n) is 6.93. The number of nitrogens with zero attached hydrogens (tertiary/aromatic N) is 3. The van der Waals surface area contributed by atoms with Gasteiger partial charge < -0.3 is 5.32 Å². The molecule has 29 heavy (non-hydrogen) atoms. The minimum absolute atomic E-state index is 0.0641. The fourth-order valence-corrected chi connectivity index (χ4v) is 3.53. The molecule has 0 radical (unpaired) electrons. The number of urea groups is 1. The molecule has 0 bridgehead atoms. The molecule has 0 aromatic rings. The molecule has 6 nitrogen and oxygen atoms in total. The van der Waals surface area contributed by atoms with E-state index in [1.165, 1.54) is 11.8 Å². The van der Waals surface area contributed by atoms with E-state index in [9.17, 15) is 14.0 Å². The van der Waals surface area contributed by atoms with Crippen molar-refractivity contribution in [3.8, 4) is 0 Å². The van der Waals surface area contributed by atoms with Gasteiger partial charge in [-0.3, -0.25) is 9.79 Å². The molecule has 0 spiro atoms. The third kappa shape index (κ3) is 9.96. The molecule has 1 rings (SSSR count). The van der Waals surface area contributed by atoms with E-state index in [2.05, 4.69) is 27.2 Å². The number of Topliss-reactive ketones (excluding diaryl/α,β-unsaturated/α-hetero) is 1. The normalized spacial score (nSPS) is 19.2. The molecule has 0 fully saturated rings. The van der Waals surface area contributed by atoms with Crippen LogP contribution in [0.5, 0.6) is 0 Å². The Hall–Kier alpha value is -1.83. The molecule has 1 aliphatic rings. The molecule has 2 atom stereocenters. The molecule has 0 heterocycles. The Morgan fingerprint density at radius 1 is 1.41 bits per heavy atom. The summed E-state index contributed by atoms with van der Waals surface area (Å²) < 4.78 is 14.5. The van der Waals surface area contributed by atoms with Gasteiger partial charge in [-0.2, -0.15) is 4.99 Å². The number of allylic oxidation sites excluding steroid dienone is 1. The first-order valence-corrected chi connectivity index (χ1v) is 11.2. The molecule has 0 aromatic carbocycles. The first-order valence-electron chi connectivity index (χ1n) is 10.2. The average molecular weight is 425 g/mol. The van der Waals surface area contributed by atoms with Crippen LogP contribution in [0.4, 0.5) is 9.18 Å². The third-order valence-corrected chi connectivity index (χ3v) is 5.61. The number of halogens is 1. The Bertz CT molecular complexity index is 674. The van der Waals surface area contributed by atoms with Gasteiger partial charge in [-0.15, -0.1) is 11.8 Å². The number of thioether (sulfide) groups is 1. The summed E-state index contributed by atoms with van der Waals surface area (Å²) in [5.74, 6) is 0.987. The summed E-state index contributed by atoms with van der Waals surface area (Å²) >= 11 is 1.23. The van der Waals surface area contributed by atoms with Crippen LogP contribution in [-0.2, 0) is 4.79 Å². The number of rotatable bonds is 9. The minimum atomic E-state index is -1.13. The molecule has 1 N–H and O–H groups in total. The second-order valence-corrected chi connectivity index (χ2v) is 8.09. The molecule has 0 saturated carbocycles. The highest BCUT2D eigenvalue weighted by atomic mass is 32.2. The molecule has 8 heteroatoms. The standard InChI is InChI=1S/C21H33FN4O2S/c1-5-7-12-24-20(23-4)17-10-8-16(9-11-17)19(22)13-25-21(28)26-15(3)29-14-18(27)6-2/h10,12,16,19H,5-9,11,13-14H2,1-4H3,(H,25,28)/b23-20?,24-12?,26-15-. The van der Waals surface area contributed by atoms with Crippen LogP contribution in [0.3, 0.4) is 0 Å². The summed E-state index contributed by atoms with van der Waals surface area (Å²) in [6.07, 6.45) is 7.20. The van der Waals surface area contributed by atoms with E-state index in [4.69, 9.17) is 0 Å². The Morgan fingerprint density at radius 2 is 2.17 bits per heavy atom. The number of ketones is 1. The van der Waals surface area contributed by atoms with Crippen LogP contribution in [0.25, 0.3) is 0 Å². The van der Waals surface area contributed by atoms with Crippen molar-refractivity contribution >= 4 is 40.7 Å². The Labute approximate surface area is 177 Å². The molecular formula is C21H33FN4O2S. The number of carbonyl (C=O) groups excluding carboxylic acids is 2. The first kappa shape index (κ1) is 25.2. The van der Waals surface area contributed by atoms with Crippen LogP contribution in [0.2, 0.25) is 0 Å². The van der Waals surface area contributed by atoms with Gasteiger partial charge in [0.25, 0.3) is 0 Å². The highest BCUT2D eigenvalue weighted by Crippen LogP contribution is 2.28. The number of carbonyl (C=O) groups is 2. The van der Waals surface area contributed by atoms with Crippen LogP contribution in [0, 0.1) is 5.92 Å². The fraction of sp³-hybridized carbons (Fsp3) is 0.667. The first-order chi connectivity index (χ1) is 13.9. The predicted molar refractivity (Wildman–Crippen MR) is 121 cm³/mol. The molecule has 2 amide bonds. The predicted octanol–water partition coefficient (Wildman–Crippen LogP) is 4.79. The van der Waals surface area contributed by atoms with Gasteiger partial charge in [-0.1, -0.05) is 26.3 Å². The Morgan fingerprint density at radius 3 is 2.76 bits per heavy atom. The van der Waals surface area contributed by atoms with E-state index in [0.29, 0.717) is 30.1 Å². The van der Waals surface area contributed by atoms with Gasteiger partial charge in [-0.25, -0.2) is 14.2 Å². The van der Waals surface area contributed by atoms with Gasteiger partial charge in [-0.05, 0) is 44.1 Å². The largest absolute Gasteiger partial charge is 0.341 e. The van der Waals surface area contributed by atoms with Gasteiger partial charge in [0.15, 0.2) is 0 Å². The summed E-state index contributed by atoms with van der Waals surface area (Å²) in [5.41, 5.74) is 1.06. The molecular weight excluding hydrogens is 391 g/mol. The topological polar surface area (TPSA) is 83.2 Å². The zero-order chi connectivity index (χ0) is 21.6. The van der Waals surface area contributed by atoms with Crippen molar-refractivity contribution in [1.82, 2.24) is 5.32 Å². The zero-order valence-corrected chi connectivity index (χ0v) is 18.7. The maximum atomic E-state index is 14.5. The number of hydrogen-bond acceptors (Lipinski definition) is 4. The quantitative estimate of drug-likeness (QED) is 0.427. The van der Waals surface area contributed by atoms with Gasteiger partial charge in [0.05, 0.1) is 17.3 Å². The lowest BCUT2D eigenvalue weighted by Gasteiger charge is -2.24. The zero-order valence-electron chi connectivity index (χ0n) is 17.9. The lowest BCUT2D eigenvalue weighted by Crippen LogP contribution is -2.33. The smallest absolute Gasteiger partial charge is 0.333 e. The van der Waals surface area contributed by atoms with Crippen molar-refractivity contribution < 1.29 is 14.0 Å². The fourth-order valence-electron chi connectivity index (χ4n) is 2.80. The van der Waals surface area contributed by atoms with Crippen molar-refractivity contribution in [2.24, 2.45) is 20.9 Å². The van der Waals surface area contributed by atoms with E-state index in [1.807, 2.05) is 12.3 Å². The number of nitrogens with one attached hydrogen (secondary N) is 1. The minimum Gasteiger partial charge on any atom is -0.333 e. The summed E-state index contributed by atoms with van der Waals surface area (Å²) in [6.45, 7) is 5.50. The van der Waals surface area contributed by atoms with Crippen molar-refractivity contribution in [3.05, 3.63) is 11.6 Å². The van der Waals surface area contributed by atoms with Crippen LogP contribution in [0.15, 0.2) is 26.6 Å². The lowest BCUT2D eigenvalue weighted by molar-refractivity contribution is -0.116. The van der Waals surface area contributed by atoms with Crippen LogP contribution >= 0.6 is 11.8 Å². The number of unbranched alkanes of at least 4 members (excludes halogenated alkanes) is 1. The van der Waals surface area contributed by atoms with E-state index in [1.54, 1.807) is 20.9 Å². The maximum Gasteiger partial charge on any atom is 0.341 e. The van der Waals surface area contributed by atoms with E-state index < -0.39 is 12.2 Å². The van der Waals surface area contributed by atoms with E-state index in [0.717, 1.165) is 30.7 Å². The maximum absolute atomic E-state index is 14.5. The number of aliphatic imine (C=N–C) groups is 3. The van der Waals surface area contributed by atoms with Gasteiger partial charge in [0.2, 0.25) is 0 Å². The average Bonchev–Trinajstić information content (AvgIpc) is 2.73. The summed E-state index contributed by atoms with van der Waals surface area (Å²) in [7, 11) is 1.72. The summed E-state index contributed by atoms with van der Waals surface area (Å²) in [5, 5.41) is 3.02. The Kier molecular flexibility index (Phi) is 12.3. The van der Waals surface area contributed by atoms with Crippen molar-refractivity contribution in [3.63, 3.8) is 0 Å². The van der Waals surface area contributed by atoms with Gasteiger partial charge >= 0.3 is 6.03 Å². The monoisotopic (exact) mass is 424 g/mol. The van der Waals surface area contributed by atoms with Crippen molar-refractivity contribution in [2.75, 3.05) is 19.3 Å². The summed E-state index contributed by atoms with van der Waals surface area (Å²) in [4.78, 5) is 35.6. The van der Waals surface area contributed by atoms with E-state index >= 15 is 0 Å². The highest BCUT2D eigenvalue weighted by Gasteiger charge is 2.25. The molecule has 2 unspecified atom stereocenters. The highest BCUT2D eigenvalue weighted by molar-refractivity contribution is 8.14. The molecule has 1 aliphatic carbocycles. The SMILES string of the molecule is CCCC=NC(=NC)C1=CCC(C(F)CNC(=O)/N=C(/C)SCC(=O)CC)CC1. The van der Waals surface area contributed by atoms with Crippen molar-refractivity contribution in [1.29, 1.82) is 0 Å². The molecule has 0 aliphatic heterocycles. The number of hydrogen-bond donors (Lipinski definition) is 1. The van der Waals surface area contributed by atoms with Gasteiger partial charge in [0, 0.05) is 19.7 Å². The third-order valence-electron chi connectivity index (χ3n) is 4.64. The molecule has 0 saturated heterocycles.